The van der Waals surface area contributed by atoms with Crippen LogP contribution in [0, 0.1) is 0 Å². The molecule has 0 atom stereocenters. The monoisotopic (exact) mass is 111 g/mol. The third-order valence-corrected chi connectivity index (χ3v) is 0. The molecule has 0 fully saturated rings. The summed E-state index contributed by atoms with van der Waals surface area (Å²) in [6.07, 6.45) is 0. The zero-order valence-electron chi connectivity index (χ0n) is 3.01. The smallest absolute Gasteiger partial charge is 0.211 e. The molecule has 0 aromatic rings. The first-order valence-electron chi connectivity index (χ1n) is 0.756. The van der Waals surface area contributed by atoms with Crippen LogP contribution in [0.3, 0.4) is 0 Å². The van der Waals surface area contributed by atoms with E-state index in [-0.39, 0.29) is 18.9 Å². The van der Waals surface area contributed by atoms with Crippen LogP contribution < -0.4 is 0 Å². The first kappa shape index (κ1) is 9.73. The van der Waals surface area contributed by atoms with Crippen LogP contribution in [0.15, 0.2) is 0 Å². The van der Waals surface area contributed by atoms with Crippen LogP contribution >= 0.6 is 0 Å². The van der Waals surface area contributed by atoms with Crippen molar-refractivity contribution in [3.05, 3.63) is 0 Å². The number of rotatable bonds is 0. The fraction of sp³-hybridized carbons (Fsp3) is 0. The minimum Gasteiger partial charge on any atom is -0.211 e. The van der Waals surface area contributed by atoms with Crippen molar-refractivity contribution in [1.29, 1.82) is 0 Å². The fourth-order valence-corrected chi connectivity index (χ4v) is 0. The Labute approximate surface area is 45.4 Å². The molecule has 0 saturated heterocycles. The Hall–Kier alpha value is 0.534. The molecule has 0 N–H and O–H groups in total. The van der Waals surface area contributed by atoms with Crippen molar-refractivity contribution in [2.45, 2.75) is 0 Å². The molecular weight excluding hydrogens is 111 g/mol. The molecule has 0 aliphatic rings. The quantitative estimate of drug-likeness (QED) is 0.247. The van der Waals surface area contributed by atoms with E-state index in [0.717, 1.165) is 0 Å². The molecule has 0 heterocycles. The topological polar surface area (TPSA) is 0 Å². The summed E-state index contributed by atoms with van der Waals surface area (Å²) in [7, 11) is -6.61. The van der Waals surface area contributed by atoms with E-state index in [2.05, 4.69) is 0 Å². The second-order valence-electron chi connectivity index (χ2n) is 0.429. The first-order valence-corrected chi connectivity index (χ1v) is 2.27. The van der Waals surface area contributed by atoms with Gasteiger partial charge in [-0.1, -0.05) is 0 Å². The van der Waals surface area contributed by atoms with Crippen LogP contribution in [0.2, 0.25) is 0 Å². The van der Waals surface area contributed by atoms with Crippen LogP contribution in [-0.4, -0.2) is 28.3 Å². The summed E-state index contributed by atoms with van der Waals surface area (Å²) in [6.45, 7) is 0. The van der Waals surface area contributed by atoms with Gasteiger partial charge in [-0.25, -0.2) is 16.4 Å². The maximum Gasteiger partial charge on any atom is 0.844 e. The zero-order chi connectivity index (χ0) is 4.50. The summed E-state index contributed by atoms with van der Waals surface area (Å²) in [5, 5.41) is 0. The minimum atomic E-state index is -6.61. The van der Waals surface area contributed by atoms with Gasteiger partial charge in [0.05, 0.1) is 0 Å². The van der Waals surface area contributed by atoms with Gasteiger partial charge in [0.25, 0.3) is 0 Å². The predicted molar refractivity (Wildman–Crippen MR) is 15.9 cm³/mol. The Morgan fingerprint density at radius 2 is 0.833 bits per heavy atom. The maximum atomic E-state index is 9.83. The van der Waals surface area contributed by atoms with Crippen LogP contribution in [0.25, 0.3) is 0 Å². The van der Waals surface area contributed by atoms with Crippen molar-refractivity contribution in [2.24, 2.45) is 0 Å². The van der Waals surface area contributed by atoms with E-state index < -0.39 is 9.41 Å². The largest absolute Gasteiger partial charge is 0.844 e. The van der Waals surface area contributed by atoms with Gasteiger partial charge in [0.1, 0.15) is 0 Å². The molecule has 0 aliphatic heterocycles. The Morgan fingerprint density at radius 3 is 0.833 bits per heavy atom. The van der Waals surface area contributed by atoms with E-state index in [1.54, 1.807) is 0 Å². The predicted octanol–water partition coefficient (Wildman–Crippen LogP) is 0.919. The molecule has 6 heavy (non-hydrogen) atoms. The normalized spacial score (nSPS) is 10.0. The third-order valence-electron chi connectivity index (χ3n) is 0. The molecule has 0 bridgehead atoms. The van der Waals surface area contributed by atoms with Gasteiger partial charge in [-0.2, -0.15) is 0 Å². The van der Waals surface area contributed by atoms with Crippen LogP contribution in [0.4, 0.5) is 16.4 Å². The zero-order valence-corrected chi connectivity index (χ0v) is 4.01. The van der Waals surface area contributed by atoms with Crippen molar-refractivity contribution in [3.8, 4) is 0 Å². The Morgan fingerprint density at radius 1 is 0.833 bits per heavy atom. The summed E-state index contributed by atoms with van der Waals surface area (Å²) in [4.78, 5) is 0. The minimum absolute atomic E-state index is 0. The van der Waals surface area contributed by atoms with Gasteiger partial charge in [-0.15, -0.1) is 0 Å². The van der Waals surface area contributed by atoms with Gasteiger partial charge >= 0.3 is 9.41 Å². The second kappa shape index (κ2) is 2.66. The SMILES string of the molecule is F[Si](F)(F)F.[Li]. The van der Waals surface area contributed by atoms with Crippen molar-refractivity contribution in [1.82, 2.24) is 0 Å². The number of hydrogen-bond acceptors (Lipinski definition) is 0. The second-order valence-corrected chi connectivity index (χ2v) is 1.29. The molecule has 0 aliphatic carbocycles. The number of hydrogen-bond donors (Lipinski definition) is 0. The first-order chi connectivity index (χ1) is 2.00. The van der Waals surface area contributed by atoms with Gasteiger partial charge in [0.2, 0.25) is 0 Å². The summed E-state index contributed by atoms with van der Waals surface area (Å²) < 4.78 is 39.3. The van der Waals surface area contributed by atoms with Crippen molar-refractivity contribution >= 4 is 28.3 Å². The fourth-order valence-electron chi connectivity index (χ4n) is 0. The summed E-state index contributed by atoms with van der Waals surface area (Å²) in [6, 6.07) is 0. The molecule has 33 valence electrons. The van der Waals surface area contributed by atoms with Crippen molar-refractivity contribution in [2.75, 3.05) is 0 Å². The molecule has 0 nitrogen and oxygen atoms in total. The van der Waals surface area contributed by atoms with Crippen LogP contribution in [0.5, 0.6) is 0 Å². The molecule has 0 rings (SSSR count). The Balaban J connectivity index is 0. The molecule has 1 radical (unpaired) electrons. The van der Waals surface area contributed by atoms with Gasteiger partial charge in [0, 0.05) is 18.9 Å². The van der Waals surface area contributed by atoms with Crippen molar-refractivity contribution in [3.63, 3.8) is 0 Å². The van der Waals surface area contributed by atoms with Gasteiger partial charge in [0.15, 0.2) is 0 Å². The van der Waals surface area contributed by atoms with E-state index in [1.807, 2.05) is 0 Å². The average molecular weight is 111 g/mol. The van der Waals surface area contributed by atoms with Gasteiger partial charge < -0.3 is 0 Å². The van der Waals surface area contributed by atoms with E-state index in [1.165, 1.54) is 0 Å². The molecule has 0 amide bonds. The molecule has 0 spiro atoms. The van der Waals surface area contributed by atoms with E-state index in [4.69, 9.17) is 0 Å². The summed E-state index contributed by atoms with van der Waals surface area (Å²) >= 11 is 0. The van der Waals surface area contributed by atoms with E-state index in [0.29, 0.717) is 0 Å². The molecular formula is F4LiSi. The van der Waals surface area contributed by atoms with E-state index >= 15 is 0 Å². The Bertz CT molecular complexity index is 23.0. The Kier molecular flexibility index (Phi) is 4.32. The summed E-state index contributed by atoms with van der Waals surface area (Å²) in [5.41, 5.74) is 0. The molecule has 0 aromatic heterocycles. The van der Waals surface area contributed by atoms with Gasteiger partial charge in [-0.05, 0) is 0 Å². The number of halogens is 4. The van der Waals surface area contributed by atoms with E-state index in [9.17, 15) is 16.4 Å². The maximum absolute atomic E-state index is 9.83. The standard InChI is InChI=1S/F4Si.Li/c1-5(2,3)4;. The summed E-state index contributed by atoms with van der Waals surface area (Å²) in [5.74, 6) is 0. The molecule has 0 unspecified atom stereocenters. The van der Waals surface area contributed by atoms with Gasteiger partial charge in [-0.3, -0.25) is 0 Å². The van der Waals surface area contributed by atoms with Crippen LogP contribution in [-0.2, 0) is 0 Å². The van der Waals surface area contributed by atoms with Crippen molar-refractivity contribution < 1.29 is 16.4 Å². The molecule has 0 saturated carbocycles. The molecule has 0 aromatic carbocycles. The molecule has 6 heteroatoms. The third kappa shape index (κ3) is 198. The average Bonchev–Trinajstić information content (AvgIpc) is 0.722. The van der Waals surface area contributed by atoms with Crippen LogP contribution in [0.1, 0.15) is 0 Å².